The molecule has 0 aliphatic carbocycles. The third kappa shape index (κ3) is 6.47. The molecular formula is C30H20F4N4O3. The maximum atomic E-state index is 13.4. The zero-order valence-corrected chi connectivity index (χ0v) is 21.1. The molecule has 1 heterocycles. The second-order valence-corrected chi connectivity index (χ2v) is 8.81. The van der Waals surface area contributed by atoms with Gasteiger partial charge in [-0.3, -0.25) is 9.59 Å². The minimum Gasteiger partial charge on any atom is -0.484 e. The number of aromatic nitrogens is 2. The van der Waals surface area contributed by atoms with Gasteiger partial charge in [0.25, 0.3) is 11.5 Å². The van der Waals surface area contributed by atoms with Crippen molar-refractivity contribution in [1.29, 1.82) is 0 Å². The van der Waals surface area contributed by atoms with Crippen molar-refractivity contribution in [3.8, 4) is 17.1 Å². The Morgan fingerprint density at radius 1 is 0.951 bits per heavy atom. The Balaban J connectivity index is 1.37. The van der Waals surface area contributed by atoms with E-state index in [0.717, 1.165) is 16.8 Å². The van der Waals surface area contributed by atoms with Gasteiger partial charge < -0.3 is 10.1 Å². The Morgan fingerprint density at radius 3 is 2.41 bits per heavy atom. The summed E-state index contributed by atoms with van der Waals surface area (Å²) in [6.45, 7) is -0.288. The number of rotatable bonds is 7. The monoisotopic (exact) mass is 560 g/mol. The molecule has 0 saturated heterocycles. The van der Waals surface area contributed by atoms with Crippen molar-refractivity contribution >= 4 is 28.7 Å². The van der Waals surface area contributed by atoms with E-state index in [1.54, 1.807) is 48.5 Å². The molecule has 5 aromatic rings. The molecule has 7 nitrogen and oxygen atoms in total. The van der Waals surface area contributed by atoms with Crippen LogP contribution < -0.4 is 15.6 Å². The Morgan fingerprint density at radius 2 is 1.68 bits per heavy atom. The van der Waals surface area contributed by atoms with Crippen molar-refractivity contribution in [1.82, 2.24) is 9.66 Å². The number of para-hydroxylation sites is 1. The quantitative estimate of drug-likeness (QED) is 0.192. The molecule has 1 amide bonds. The first-order valence-corrected chi connectivity index (χ1v) is 12.2. The molecule has 0 aliphatic rings. The van der Waals surface area contributed by atoms with Crippen molar-refractivity contribution in [3.63, 3.8) is 0 Å². The number of nitrogens with zero attached hydrogens (tertiary/aromatic N) is 3. The van der Waals surface area contributed by atoms with Gasteiger partial charge in [0.05, 0.1) is 22.7 Å². The number of hydrogen-bond acceptors (Lipinski definition) is 5. The fourth-order valence-electron chi connectivity index (χ4n) is 3.91. The lowest BCUT2D eigenvalue weighted by Gasteiger charge is -2.12. The first kappa shape index (κ1) is 27.3. The highest BCUT2D eigenvalue weighted by molar-refractivity contribution is 5.91. The van der Waals surface area contributed by atoms with Crippen LogP contribution in [0.2, 0.25) is 0 Å². The summed E-state index contributed by atoms with van der Waals surface area (Å²) in [5, 5.41) is 7.09. The maximum Gasteiger partial charge on any atom is 0.416 e. The van der Waals surface area contributed by atoms with Crippen LogP contribution in [0.1, 0.15) is 11.1 Å². The number of ether oxygens (including phenoxy) is 1. The van der Waals surface area contributed by atoms with Crippen LogP contribution in [0.5, 0.6) is 5.75 Å². The Kier molecular flexibility index (Phi) is 7.59. The highest BCUT2D eigenvalue weighted by Crippen LogP contribution is 2.32. The van der Waals surface area contributed by atoms with E-state index in [1.807, 2.05) is 0 Å². The predicted molar refractivity (Wildman–Crippen MR) is 146 cm³/mol. The van der Waals surface area contributed by atoms with Gasteiger partial charge in [0.2, 0.25) is 0 Å². The van der Waals surface area contributed by atoms with Gasteiger partial charge in [-0.2, -0.15) is 22.9 Å². The standard InChI is InChI=1S/C30H20F4N4O3/c31-22-10-12-23(13-11-22)36-27(39)18-41-24-14-8-19(9-15-24)17-35-38-28(20-4-3-5-21(16-20)30(32,33)34)37-26-7-2-1-6-25(26)29(38)40/h1-17H,18H2,(H,36,39). The van der Waals surface area contributed by atoms with Crippen LogP contribution in [-0.4, -0.2) is 28.4 Å². The molecule has 11 heteroatoms. The molecule has 5 rings (SSSR count). The fourth-order valence-corrected chi connectivity index (χ4v) is 3.91. The molecule has 0 aliphatic heterocycles. The molecule has 4 aromatic carbocycles. The number of alkyl halides is 3. The van der Waals surface area contributed by atoms with Crippen LogP contribution in [0.3, 0.4) is 0 Å². The number of amides is 1. The zero-order valence-electron chi connectivity index (χ0n) is 21.1. The zero-order chi connectivity index (χ0) is 29.0. The normalized spacial score (nSPS) is 11.6. The van der Waals surface area contributed by atoms with E-state index in [9.17, 15) is 27.2 Å². The summed E-state index contributed by atoms with van der Waals surface area (Å²) in [5.41, 5.74) is -0.0669. The number of carbonyl (C=O) groups excluding carboxylic acids is 1. The third-order valence-corrected chi connectivity index (χ3v) is 5.90. The minimum atomic E-state index is -4.58. The first-order valence-electron chi connectivity index (χ1n) is 12.2. The molecule has 0 unspecified atom stereocenters. The number of nitrogens with one attached hydrogen (secondary N) is 1. The van der Waals surface area contributed by atoms with Crippen molar-refractivity contribution in [2.75, 3.05) is 11.9 Å². The van der Waals surface area contributed by atoms with Gasteiger partial charge in [-0.25, -0.2) is 9.37 Å². The van der Waals surface area contributed by atoms with Crippen molar-refractivity contribution < 1.29 is 27.1 Å². The fraction of sp³-hybridized carbons (Fsp3) is 0.0667. The lowest BCUT2D eigenvalue weighted by molar-refractivity contribution is -0.137. The highest BCUT2D eigenvalue weighted by Gasteiger charge is 2.31. The number of carbonyl (C=O) groups is 1. The van der Waals surface area contributed by atoms with E-state index in [0.29, 0.717) is 22.5 Å². The topological polar surface area (TPSA) is 85.6 Å². The van der Waals surface area contributed by atoms with Gasteiger partial charge >= 0.3 is 6.18 Å². The lowest BCUT2D eigenvalue weighted by Crippen LogP contribution is -2.20. The summed E-state index contributed by atoms with van der Waals surface area (Å²) >= 11 is 0. The van der Waals surface area contributed by atoms with Crippen LogP contribution in [-0.2, 0) is 11.0 Å². The summed E-state index contributed by atoms with van der Waals surface area (Å²) in [6.07, 6.45) is -3.22. The summed E-state index contributed by atoms with van der Waals surface area (Å²) in [5.74, 6) is -0.530. The van der Waals surface area contributed by atoms with Gasteiger partial charge in [0, 0.05) is 11.3 Å². The highest BCUT2D eigenvalue weighted by atomic mass is 19.4. The van der Waals surface area contributed by atoms with Crippen LogP contribution in [0.4, 0.5) is 23.2 Å². The van der Waals surface area contributed by atoms with E-state index >= 15 is 0 Å². The second kappa shape index (κ2) is 11.4. The largest absolute Gasteiger partial charge is 0.484 e. The van der Waals surface area contributed by atoms with Crippen molar-refractivity contribution in [3.05, 3.63) is 124 Å². The third-order valence-electron chi connectivity index (χ3n) is 5.90. The second-order valence-electron chi connectivity index (χ2n) is 8.81. The predicted octanol–water partition coefficient (Wildman–Crippen LogP) is 6.12. The molecule has 0 spiro atoms. The molecule has 0 radical (unpaired) electrons. The van der Waals surface area contributed by atoms with E-state index in [4.69, 9.17) is 4.74 Å². The molecule has 0 saturated carbocycles. The smallest absolute Gasteiger partial charge is 0.416 e. The van der Waals surface area contributed by atoms with Gasteiger partial charge in [-0.1, -0.05) is 24.3 Å². The van der Waals surface area contributed by atoms with Crippen LogP contribution in [0.15, 0.2) is 107 Å². The van der Waals surface area contributed by atoms with Gasteiger partial charge in [0.1, 0.15) is 11.6 Å². The molecule has 0 atom stereocenters. The van der Waals surface area contributed by atoms with Crippen LogP contribution >= 0.6 is 0 Å². The summed E-state index contributed by atoms with van der Waals surface area (Å²) in [7, 11) is 0. The average molecular weight is 561 g/mol. The number of fused-ring (bicyclic) bond motifs is 1. The Bertz CT molecular complexity index is 1800. The molecule has 1 aromatic heterocycles. The Hall–Kier alpha value is -5.32. The van der Waals surface area contributed by atoms with E-state index in [1.165, 1.54) is 42.6 Å². The number of anilines is 1. The van der Waals surface area contributed by atoms with Gasteiger partial charge in [-0.15, -0.1) is 0 Å². The van der Waals surface area contributed by atoms with Crippen molar-refractivity contribution in [2.24, 2.45) is 5.10 Å². The van der Waals surface area contributed by atoms with Gasteiger partial charge in [-0.05, 0) is 78.4 Å². The minimum absolute atomic E-state index is 0.0526. The molecule has 1 N–H and O–H groups in total. The first-order chi connectivity index (χ1) is 19.7. The molecule has 206 valence electrons. The summed E-state index contributed by atoms with van der Waals surface area (Å²) in [6, 6.07) is 22.7. The molecule has 41 heavy (non-hydrogen) atoms. The Labute approximate surface area is 230 Å². The van der Waals surface area contributed by atoms with E-state index < -0.39 is 29.0 Å². The molecular weight excluding hydrogens is 540 g/mol. The van der Waals surface area contributed by atoms with Gasteiger partial charge in [0.15, 0.2) is 12.4 Å². The number of hydrogen-bond donors (Lipinski definition) is 1. The SMILES string of the molecule is O=C(COc1ccc(C=Nn2c(-c3cccc(C(F)(F)F)c3)nc3ccccc3c2=O)cc1)Nc1ccc(F)cc1. The summed E-state index contributed by atoms with van der Waals surface area (Å²) < 4.78 is 59.5. The van der Waals surface area contributed by atoms with E-state index in [2.05, 4.69) is 15.4 Å². The molecule has 0 bridgehead atoms. The summed E-state index contributed by atoms with van der Waals surface area (Å²) in [4.78, 5) is 29.8. The lowest BCUT2D eigenvalue weighted by atomic mass is 10.1. The average Bonchev–Trinajstić information content (AvgIpc) is 2.97. The maximum absolute atomic E-state index is 13.4. The van der Waals surface area contributed by atoms with Crippen LogP contribution in [0.25, 0.3) is 22.3 Å². The molecule has 0 fully saturated rings. The number of benzene rings is 4. The number of halogens is 4. The van der Waals surface area contributed by atoms with E-state index in [-0.39, 0.29) is 23.4 Å². The van der Waals surface area contributed by atoms with Crippen molar-refractivity contribution in [2.45, 2.75) is 6.18 Å². The van der Waals surface area contributed by atoms with Crippen LogP contribution in [0, 0.1) is 5.82 Å².